The zero-order valence-electron chi connectivity index (χ0n) is 8.96. The number of carboxylic acids is 1. The van der Waals surface area contributed by atoms with Gasteiger partial charge in [-0.15, -0.1) is 0 Å². The first-order chi connectivity index (χ1) is 7.94. The molecule has 1 aliphatic carbocycles. The van der Waals surface area contributed by atoms with Crippen LogP contribution >= 0.6 is 0 Å². The van der Waals surface area contributed by atoms with Crippen LogP contribution in [0.25, 0.3) is 0 Å². The van der Waals surface area contributed by atoms with Crippen LogP contribution in [0.15, 0.2) is 6.07 Å². The van der Waals surface area contributed by atoms with Crippen molar-refractivity contribution in [3.63, 3.8) is 0 Å². The summed E-state index contributed by atoms with van der Waals surface area (Å²) < 4.78 is 31.6. The van der Waals surface area contributed by atoms with Crippen molar-refractivity contribution in [2.24, 2.45) is 0 Å². The minimum absolute atomic E-state index is 0.166. The third-order valence-electron chi connectivity index (χ3n) is 3.02. The summed E-state index contributed by atoms with van der Waals surface area (Å²) in [6.45, 7) is 0. The summed E-state index contributed by atoms with van der Waals surface area (Å²) in [7, 11) is 1.18. The maximum absolute atomic E-state index is 13.6. The Morgan fingerprint density at radius 3 is 2.47 bits per heavy atom. The maximum Gasteiger partial charge on any atom is 0.314 e. The molecule has 2 N–H and O–H groups in total. The zero-order chi connectivity index (χ0) is 12.8. The number of aromatic hydroxyl groups is 1. The van der Waals surface area contributed by atoms with Crippen molar-refractivity contribution in [2.75, 3.05) is 7.11 Å². The van der Waals surface area contributed by atoms with Crippen molar-refractivity contribution in [3.05, 3.63) is 23.3 Å². The molecule has 92 valence electrons. The Bertz CT molecular complexity index is 495. The normalized spacial score (nSPS) is 16.6. The zero-order valence-corrected chi connectivity index (χ0v) is 8.96. The molecule has 0 radical (unpaired) electrons. The Morgan fingerprint density at radius 1 is 1.47 bits per heavy atom. The topological polar surface area (TPSA) is 66.8 Å². The molecule has 0 aromatic heterocycles. The van der Waals surface area contributed by atoms with E-state index in [0.717, 1.165) is 0 Å². The van der Waals surface area contributed by atoms with Gasteiger partial charge in [0.25, 0.3) is 0 Å². The number of methoxy groups -OCH3 is 1. The lowest BCUT2D eigenvalue weighted by atomic mass is 9.94. The minimum atomic E-state index is -1.52. The second-order valence-corrected chi connectivity index (χ2v) is 3.99. The van der Waals surface area contributed by atoms with Gasteiger partial charge < -0.3 is 14.9 Å². The van der Waals surface area contributed by atoms with Crippen molar-refractivity contribution < 1.29 is 28.5 Å². The van der Waals surface area contributed by atoms with Crippen molar-refractivity contribution in [2.45, 2.75) is 18.3 Å². The molecule has 2 rings (SSSR count). The van der Waals surface area contributed by atoms with E-state index in [1.807, 2.05) is 0 Å². The molecule has 1 saturated carbocycles. The summed E-state index contributed by atoms with van der Waals surface area (Å²) in [6.07, 6.45) is 0.332. The van der Waals surface area contributed by atoms with Gasteiger partial charge in [-0.1, -0.05) is 0 Å². The Hall–Kier alpha value is -1.85. The average Bonchev–Trinajstić information content (AvgIpc) is 3.05. The molecule has 0 spiro atoms. The number of ether oxygens (including phenoxy) is 1. The number of phenols is 1. The van der Waals surface area contributed by atoms with Crippen LogP contribution in [0.2, 0.25) is 0 Å². The fourth-order valence-corrected chi connectivity index (χ4v) is 1.88. The largest absolute Gasteiger partial charge is 0.504 e. The van der Waals surface area contributed by atoms with Crippen LogP contribution in [0, 0.1) is 11.6 Å². The first-order valence-electron chi connectivity index (χ1n) is 4.93. The Kier molecular flexibility index (Phi) is 2.45. The highest BCUT2D eigenvalue weighted by atomic mass is 19.2. The number of hydrogen-bond donors (Lipinski definition) is 2. The molecule has 1 aromatic carbocycles. The molecule has 0 atom stereocenters. The smallest absolute Gasteiger partial charge is 0.314 e. The SMILES string of the molecule is COc1cc(F)c(F)c(C2(C(=O)O)CC2)c1O. The predicted molar refractivity (Wildman–Crippen MR) is 53.1 cm³/mol. The molecule has 4 nitrogen and oxygen atoms in total. The third kappa shape index (κ3) is 1.51. The molecule has 0 heterocycles. The molecular formula is C11H10F2O4. The van der Waals surface area contributed by atoms with Crippen molar-refractivity contribution in [1.82, 2.24) is 0 Å². The van der Waals surface area contributed by atoms with E-state index < -0.39 is 34.3 Å². The minimum Gasteiger partial charge on any atom is -0.504 e. The number of halogens is 2. The molecule has 0 unspecified atom stereocenters. The van der Waals surface area contributed by atoms with Crippen molar-refractivity contribution >= 4 is 5.97 Å². The standard InChI is InChI=1S/C11H10F2O4/c1-17-6-4-5(12)8(13)7(9(6)14)11(2-3-11)10(15)16/h4,14H,2-3H2,1H3,(H,15,16). The fraction of sp³-hybridized carbons (Fsp3) is 0.364. The van der Waals surface area contributed by atoms with Crippen LogP contribution in [0.4, 0.5) is 8.78 Å². The van der Waals surface area contributed by atoms with Gasteiger partial charge in [0.15, 0.2) is 23.1 Å². The van der Waals surface area contributed by atoms with E-state index in [-0.39, 0.29) is 18.6 Å². The number of carbonyl (C=O) groups is 1. The van der Waals surface area contributed by atoms with Gasteiger partial charge >= 0.3 is 5.97 Å². The lowest BCUT2D eigenvalue weighted by Gasteiger charge is -2.16. The van der Waals surface area contributed by atoms with Gasteiger partial charge in [0.05, 0.1) is 18.1 Å². The number of aliphatic carboxylic acids is 1. The first-order valence-corrected chi connectivity index (χ1v) is 4.93. The van der Waals surface area contributed by atoms with E-state index in [0.29, 0.717) is 6.07 Å². The van der Waals surface area contributed by atoms with E-state index in [9.17, 15) is 18.7 Å². The highest BCUT2D eigenvalue weighted by Gasteiger charge is 2.55. The second kappa shape index (κ2) is 3.58. The fourth-order valence-electron chi connectivity index (χ4n) is 1.88. The molecule has 1 fully saturated rings. The molecule has 0 amide bonds. The Morgan fingerprint density at radius 2 is 2.06 bits per heavy atom. The summed E-state index contributed by atoms with van der Waals surface area (Å²) in [5, 5.41) is 18.7. The van der Waals surface area contributed by atoms with E-state index in [1.165, 1.54) is 7.11 Å². The van der Waals surface area contributed by atoms with E-state index in [2.05, 4.69) is 4.74 Å². The lowest BCUT2D eigenvalue weighted by molar-refractivity contribution is -0.140. The first kappa shape index (κ1) is 11.6. The summed E-state index contributed by atoms with van der Waals surface area (Å²) in [5.41, 5.74) is -2.05. The summed E-state index contributed by atoms with van der Waals surface area (Å²) in [6, 6.07) is 0.687. The Labute approximate surface area is 95.4 Å². The summed E-state index contributed by atoms with van der Waals surface area (Å²) >= 11 is 0. The molecular weight excluding hydrogens is 234 g/mol. The van der Waals surface area contributed by atoms with Crippen LogP contribution in [0.5, 0.6) is 11.5 Å². The third-order valence-corrected chi connectivity index (χ3v) is 3.02. The predicted octanol–water partition coefficient (Wildman–Crippen LogP) is 1.80. The van der Waals surface area contributed by atoms with Crippen LogP contribution in [-0.4, -0.2) is 23.3 Å². The van der Waals surface area contributed by atoms with Crippen LogP contribution < -0.4 is 4.74 Å². The van der Waals surface area contributed by atoms with Crippen LogP contribution in [-0.2, 0) is 10.2 Å². The van der Waals surface area contributed by atoms with Crippen LogP contribution in [0.3, 0.4) is 0 Å². The highest BCUT2D eigenvalue weighted by molar-refractivity contribution is 5.86. The second-order valence-electron chi connectivity index (χ2n) is 3.99. The molecule has 6 heteroatoms. The van der Waals surface area contributed by atoms with E-state index in [4.69, 9.17) is 5.11 Å². The molecule has 0 aliphatic heterocycles. The van der Waals surface area contributed by atoms with Gasteiger partial charge in [0.2, 0.25) is 0 Å². The lowest BCUT2D eigenvalue weighted by Crippen LogP contribution is -2.22. The molecule has 1 aromatic rings. The average molecular weight is 244 g/mol. The molecule has 1 aliphatic rings. The number of hydrogen-bond acceptors (Lipinski definition) is 3. The van der Waals surface area contributed by atoms with E-state index in [1.54, 1.807) is 0 Å². The van der Waals surface area contributed by atoms with Crippen LogP contribution in [0.1, 0.15) is 18.4 Å². The number of rotatable bonds is 3. The van der Waals surface area contributed by atoms with Gasteiger partial charge in [0, 0.05) is 6.07 Å². The van der Waals surface area contributed by atoms with Crippen molar-refractivity contribution in [3.8, 4) is 11.5 Å². The molecule has 17 heavy (non-hydrogen) atoms. The quantitative estimate of drug-likeness (QED) is 0.850. The summed E-state index contributed by atoms with van der Waals surface area (Å²) in [5.74, 6) is -4.76. The van der Waals surface area contributed by atoms with Gasteiger partial charge in [-0.3, -0.25) is 4.79 Å². The maximum atomic E-state index is 13.6. The summed E-state index contributed by atoms with van der Waals surface area (Å²) in [4.78, 5) is 11.1. The highest BCUT2D eigenvalue weighted by Crippen LogP contribution is 2.54. The number of phenolic OH excluding ortho intramolecular Hbond substituents is 1. The number of benzene rings is 1. The van der Waals surface area contributed by atoms with Crippen molar-refractivity contribution in [1.29, 1.82) is 0 Å². The van der Waals surface area contributed by atoms with Gasteiger partial charge in [0.1, 0.15) is 0 Å². The van der Waals surface area contributed by atoms with Gasteiger partial charge in [-0.25, -0.2) is 8.78 Å². The molecule has 0 saturated heterocycles. The van der Waals surface area contributed by atoms with E-state index >= 15 is 0 Å². The number of carboxylic acid groups (broad SMARTS) is 1. The molecule has 0 bridgehead atoms. The van der Waals surface area contributed by atoms with Gasteiger partial charge in [-0.2, -0.15) is 0 Å². The Balaban J connectivity index is 2.69. The van der Waals surface area contributed by atoms with Gasteiger partial charge in [-0.05, 0) is 12.8 Å². The monoisotopic (exact) mass is 244 g/mol.